The molecule has 3 aromatic carbocycles. The third-order valence-corrected chi connectivity index (χ3v) is 6.05. The van der Waals surface area contributed by atoms with Crippen LogP contribution in [-0.2, 0) is 16.8 Å². The van der Waals surface area contributed by atoms with Crippen LogP contribution in [0.2, 0.25) is 5.02 Å². The minimum absolute atomic E-state index is 0.0121. The van der Waals surface area contributed by atoms with E-state index in [2.05, 4.69) is 20.8 Å². The average molecular weight is 491 g/mol. The molecule has 5 rings (SSSR count). The van der Waals surface area contributed by atoms with Gasteiger partial charge in [0.15, 0.2) is 12.6 Å². The summed E-state index contributed by atoms with van der Waals surface area (Å²) in [6, 6.07) is 15.5. The van der Waals surface area contributed by atoms with Crippen molar-refractivity contribution in [3.8, 4) is 17.2 Å². The van der Waals surface area contributed by atoms with Gasteiger partial charge >= 0.3 is 5.97 Å². The molecule has 3 aromatic rings. The van der Waals surface area contributed by atoms with Gasteiger partial charge in [0.2, 0.25) is 5.78 Å². The summed E-state index contributed by atoms with van der Waals surface area (Å²) in [5.74, 6) is 0.554. The van der Waals surface area contributed by atoms with Crippen LogP contribution >= 0.6 is 11.6 Å². The molecule has 178 valence electrons. The van der Waals surface area contributed by atoms with Crippen molar-refractivity contribution in [1.29, 1.82) is 0 Å². The molecule has 35 heavy (non-hydrogen) atoms. The van der Waals surface area contributed by atoms with Crippen LogP contribution in [0.3, 0.4) is 0 Å². The van der Waals surface area contributed by atoms with Crippen LogP contribution in [0.5, 0.6) is 17.2 Å². The first-order chi connectivity index (χ1) is 16.7. The molecule has 0 amide bonds. The first-order valence-corrected chi connectivity index (χ1v) is 11.5. The van der Waals surface area contributed by atoms with Gasteiger partial charge in [-0.15, -0.1) is 0 Å². The number of Topliss-reactive ketones (excluding diaryl/α,β-unsaturated/α-hetero) is 1. The SMILES string of the molecule is CC(C)(C)c1ccc(C(=O)Oc2ccc3c(c2)O/C(=C\c2cc(Cl)cc4c2OCOC4)C3=O)cc1. The maximum atomic E-state index is 12.9. The zero-order chi connectivity index (χ0) is 24.7. The summed E-state index contributed by atoms with van der Waals surface area (Å²) in [7, 11) is 0. The Balaban J connectivity index is 1.36. The summed E-state index contributed by atoms with van der Waals surface area (Å²) < 4.78 is 22.3. The topological polar surface area (TPSA) is 71.1 Å². The number of hydrogen-bond acceptors (Lipinski definition) is 6. The predicted octanol–water partition coefficient (Wildman–Crippen LogP) is 6.34. The number of ether oxygens (including phenoxy) is 4. The fourth-order valence-electron chi connectivity index (χ4n) is 3.96. The third kappa shape index (κ3) is 4.67. The summed E-state index contributed by atoms with van der Waals surface area (Å²) in [4.78, 5) is 25.6. The van der Waals surface area contributed by atoms with E-state index in [0.29, 0.717) is 39.8 Å². The Hall–Kier alpha value is -3.61. The zero-order valence-corrected chi connectivity index (χ0v) is 20.3. The second kappa shape index (κ2) is 8.87. The van der Waals surface area contributed by atoms with Gasteiger partial charge in [-0.25, -0.2) is 4.79 Å². The van der Waals surface area contributed by atoms with Crippen LogP contribution in [0, 0.1) is 0 Å². The zero-order valence-electron chi connectivity index (χ0n) is 19.5. The molecular formula is C28H23ClO6. The van der Waals surface area contributed by atoms with E-state index in [4.69, 9.17) is 30.5 Å². The lowest BCUT2D eigenvalue weighted by Gasteiger charge is -2.20. The summed E-state index contributed by atoms with van der Waals surface area (Å²) in [6.45, 7) is 6.81. The van der Waals surface area contributed by atoms with Gasteiger partial charge in [-0.05, 0) is 53.5 Å². The van der Waals surface area contributed by atoms with Crippen LogP contribution in [0.1, 0.15) is 58.2 Å². The van der Waals surface area contributed by atoms with Crippen molar-refractivity contribution < 1.29 is 28.5 Å². The van der Waals surface area contributed by atoms with E-state index < -0.39 is 5.97 Å². The number of ketones is 1. The Labute approximate surface area is 208 Å². The summed E-state index contributed by atoms with van der Waals surface area (Å²) in [5, 5.41) is 0.498. The number of benzene rings is 3. The molecule has 0 radical (unpaired) electrons. The molecule has 7 heteroatoms. The molecule has 0 unspecified atom stereocenters. The van der Waals surface area contributed by atoms with Crippen molar-refractivity contribution in [2.24, 2.45) is 0 Å². The van der Waals surface area contributed by atoms with Crippen LogP contribution in [-0.4, -0.2) is 18.5 Å². The highest BCUT2D eigenvalue weighted by molar-refractivity contribution is 6.31. The first-order valence-electron chi connectivity index (χ1n) is 11.1. The fourth-order valence-corrected chi connectivity index (χ4v) is 4.21. The second-order valence-electron chi connectivity index (χ2n) is 9.41. The number of carbonyl (C=O) groups is 2. The minimum Gasteiger partial charge on any atom is -0.467 e. The normalized spacial score (nSPS) is 15.8. The second-order valence-corrected chi connectivity index (χ2v) is 9.84. The first kappa shape index (κ1) is 23.1. The lowest BCUT2D eigenvalue weighted by atomic mass is 9.87. The van der Waals surface area contributed by atoms with E-state index in [-0.39, 0.29) is 29.5 Å². The van der Waals surface area contributed by atoms with Gasteiger partial charge in [0, 0.05) is 22.2 Å². The van der Waals surface area contributed by atoms with Gasteiger partial charge in [-0.3, -0.25) is 4.79 Å². The van der Waals surface area contributed by atoms with E-state index in [0.717, 1.165) is 11.1 Å². The highest BCUT2D eigenvalue weighted by Gasteiger charge is 2.29. The van der Waals surface area contributed by atoms with E-state index in [1.807, 2.05) is 12.1 Å². The maximum Gasteiger partial charge on any atom is 0.343 e. The summed E-state index contributed by atoms with van der Waals surface area (Å²) in [5.41, 5.74) is 3.34. The quantitative estimate of drug-likeness (QED) is 0.242. The Morgan fingerprint density at radius 1 is 1.06 bits per heavy atom. The standard InChI is InChI=1S/C28H23ClO6/c1-28(2,3)19-6-4-16(5-7-19)27(31)34-21-8-9-22-23(13-21)35-24(25(22)30)12-17-10-20(29)11-18-14-32-15-33-26(17)18/h4-13H,14-15H2,1-3H3/b24-12-. The molecule has 0 aromatic heterocycles. The molecule has 2 aliphatic heterocycles. The number of rotatable bonds is 3. The highest BCUT2D eigenvalue weighted by Crippen LogP contribution is 2.38. The average Bonchev–Trinajstić information content (AvgIpc) is 3.13. The molecule has 2 aliphatic rings. The van der Waals surface area contributed by atoms with E-state index in [1.54, 1.807) is 42.5 Å². The molecule has 0 aliphatic carbocycles. The Morgan fingerprint density at radius 3 is 2.57 bits per heavy atom. The number of fused-ring (bicyclic) bond motifs is 2. The molecule has 0 N–H and O–H groups in total. The molecule has 0 spiro atoms. The molecule has 6 nitrogen and oxygen atoms in total. The maximum absolute atomic E-state index is 12.9. The van der Waals surface area contributed by atoms with Crippen molar-refractivity contribution in [3.05, 3.63) is 93.2 Å². The monoisotopic (exact) mass is 490 g/mol. The number of carbonyl (C=O) groups excluding carboxylic acids is 2. The van der Waals surface area contributed by atoms with Crippen LogP contribution < -0.4 is 14.2 Å². The van der Waals surface area contributed by atoms with Crippen LogP contribution in [0.25, 0.3) is 6.08 Å². The lowest BCUT2D eigenvalue weighted by molar-refractivity contribution is -0.0165. The van der Waals surface area contributed by atoms with Gasteiger partial charge in [-0.2, -0.15) is 0 Å². The number of allylic oxidation sites excluding steroid dienone is 1. The lowest BCUT2D eigenvalue weighted by Crippen LogP contribution is -2.12. The van der Waals surface area contributed by atoms with Gasteiger partial charge in [-0.1, -0.05) is 44.5 Å². The van der Waals surface area contributed by atoms with E-state index in [1.165, 1.54) is 6.07 Å². The number of hydrogen-bond donors (Lipinski definition) is 0. The Kier molecular flexibility index (Phi) is 5.87. The van der Waals surface area contributed by atoms with Crippen LogP contribution in [0.4, 0.5) is 0 Å². The summed E-state index contributed by atoms with van der Waals surface area (Å²) >= 11 is 6.23. The van der Waals surface area contributed by atoms with Gasteiger partial charge in [0.1, 0.15) is 17.2 Å². The molecule has 0 saturated heterocycles. The molecular weight excluding hydrogens is 468 g/mol. The van der Waals surface area contributed by atoms with E-state index >= 15 is 0 Å². The largest absolute Gasteiger partial charge is 0.467 e. The number of esters is 1. The van der Waals surface area contributed by atoms with Gasteiger partial charge in [0.25, 0.3) is 0 Å². The van der Waals surface area contributed by atoms with Crippen molar-refractivity contribution in [2.75, 3.05) is 6.79 Å². The highest BCUT2D eigenvalue weighted by atomic mass is 35.5. The van der Waals surface area contributed by atoms with Crippen molar-refractivity contribution in [1.82, 2.24) is 0 Å². The minimum atomic E-state index is -0.490. The smallest absolute Gasteiger partial charge is 0.343 e. The molecule has 0 bridgehead atoms. The predicted molar refractivity (Wildman–Crippen MR) is 131 cm³/mol. The Morgan fingerprint density at radius 2 is 1.83 bits per heavy atom. The van der Waals surface area contributed by atoms with Crippen molar-refractivity contribution in [3.63, 3.8) is 0 Å². The van der Waals surface area contributed by atoms with Crippen molar-refractivity contribution >= 4 is 29.4 Å². The third-order valence-electron chi connectivity index (χ3n) is 5.83. The van der Waals surface area contributed by atoms with Crippen molar-refractivity contribution in [2.45, 2.75) is 32.8 Å². The molecule has 0 atom stereocenters. The molecule has 0 fully saturated rings. The van der Waals surface area contributed by atoms with E-state index in [9.17, 15) is 9.59 Å². The molecule has 2 heterocycles. The van der Waals surface area contributed by atoms with Gasteiger partial charge in [0.05, 0.1) is 17.7 Å². The van der Waals surface area contributed by atoms with Gasteiger partial charge < -0.3 is 18.9 Å². The number of halogens is 1. The Bertz CT molecular complexity index is 1370. The van der Waals surface area contributed by atoms with Crippen LogP contribution in [0.15, 0.2) is 60.4 Å². The summed E-state index contributed by atoms with van der Waals surface area (Å²) in [6.07, 6.45) is 1.60. The molecule has 0 saturated carbocycles. The fraction of sp³-hybridized carbons (Fsp3) is 0.214.